The number of rotatable bonds is 7. The van der Waals surface area contributed by atoms with Crippen LogP contribution in [-0.4, -0.2) is 47.2 Å². The molecule has 3 heterocycles. The van der Waals surface area contributed by atoms with Crippen molar-refractivity contribution >= 4 is 5.91 Å². The Hall–Kier alpha value is -2.12. The third kappa shape index (κ3) is 3.85. The minimum absolute atomic E-state index is 0.0228. The van der Waals surface area contributed by atoms with Gasteiger partial charge in [-0.15, -0.1) is 0 Å². The predicted octanol–water partition coefficient (Wildman–Crippen LogP) is 1.36. The molecule has 2 aromatic heterocycles. The van der Waals surface area contributed by atoms with Gasteiger partial charge in [0.2, 0.25) is 5.91 Å². The first kappa shape index (κ1) is 16.7. The molecule has 0 spiro atoms. The summed E-state index contributed by atoms with van der Waals surface area (Å²) >= 11 is 0. The van der Waals surface area contributed by atoms with Crippen molar-refractivity contribution in [1.82, 2.24) is 19.8 Å². The SMILES string of the molecule is COCCNC(=O)Cc1cn2c(n1)[C@H](C)N(Cc1ccoc1)CC2. The van der Waals surface area contributed by atoms with E-state index in [1.165, 1.54) is 5.56 Å². The van der Waals surface area contributed by atoms with Crippen LogP contribution in [0.1, 0.15) is 30.0 Å². The lowest BCUT2D eigenvalue weighted by molar-refractivity contribution is -0.120. The molecule has 0 radical (unpaired) electrons. The average Bonchev–Trinajstić information content (AvgIpc) is 3.20. The van der Waals surface area contributed by atoms with E-state index in [1.807, 2.05) is 12.3 Å². The fourth-order valence-electron chi connectivity index (χ4n) is 3.03. The van der Waals surface area contributed by atoms with Crippen molar-refractivity contribution in [3.8, 4) is 0 Å². The maximum atomic E-state index is 11.9. The van der Waals surface area contributed by atoms with Gasteiger partial charge in [0.15, 0.2) is 0 Å². The molecule has 0 aromatic carbocycles. The Balaban J connectivity index is 1.62. The molecule has 0 saturated carbocycles. The Labute approximate surface area is 141 Å². The van der Waals surface area contributed by atoms with E-state index in [0.29, 0.717) is 19.6 Å². The van der Waals surface area contributed by atoms with Crippen LogP contribution in [0.2, 0.25) is 0 Å². The van der Waals surface area contributed by atoms with E-state index in [1.54, 1.807) is 19.6 Å². The molecule has 1 N–H and O–H groups in total. The van der Waals surface area contributed by atoms with Gasteiger partial charge in [0.05, 0.1) is 37.3 Å². The van der Waals surface area contributed by atoms with E-state index in [0.717, 1.165) is 31.2 Å². The summed E-state index contributed by atoms with van der Waals surface area (Å²) in [6.45, 7) is 5.88. The first-order valence-electron chi connectivity index (χ1n) is 8.24. The number of ether oxygens (including phenoxy) is 1. The Morgan fingerprint density at radius 1 is 1.50 bits per heavy atom. The second-order valence-electron chi connectivity index (χ2n) is 6.08. The average molecular weight is 332 g/mol. The molecular formula is C17H24N4O3. The quantitative estimate of drug-likeness (QED) is 0.775. The molecule has 0 fully saturated rings. The Morgan fingerprint density at radius 2 is 2.38 bits per heavy atom. The normalized spacial score (nSPS) is 17.7. The topological polar surface area (TPSA) is 72.5 Å². The van der Waals surface area contributed by atoms with Gasteiger partial charge in [0, 0.05) is 45.0 Å². The van der Waals surface area contributed by atoms with Crippen LogP contribution in [0.25, 0.3) is 0 Å². The first-order chi connectivity index (χ1) is 11.7. The second-order valence-corrected chi connectivity index (χ2v) is 6.08. The number of nitrogens with one attached hydrogen (secondary N) is 1. The number of methoxy groups -OCH3 is 1. The highest BCUT2D eigenvalue weighted by Crippen LogP contribution is 2.26. The summed E-state index contributed by atoms with van der Waals surface area (Å²) in [4.78, 5) is 19.0. The monoisotopic (exact) mass is 332 g/mol. The molecule has 1 aliphatic heterocycles. The van der Waals surface area contributed by atoms with Crippen LogP contribution in [0.15, 0.2) is 29.2 Å². The van der Waals surface area contributed by atoms with Crippen LogP contribution in [0.3, 0.4) is 0 Å². The molecule has 130 valence electrons. The molecule has 1 atom stereocenters. The molecule has 0 saturated heterocycles. The first-order valence-corrected chi connectivity index (χ1v) is 8.24. The van der Waals surface area contributed by atoms with Crippen molar-refractivity contribution in [1.29, 1.82) is 0 Å². The highest BCUT2D eigenvalue weighted by molar-refractivity contribution is 5.78. The number of aromatic nitrogens is 2. The standard InChI is InChI=1S/C17H24N4O3/c1-13-17-19-15(9-16(22)18-4-8-23-2)11-21(17)6-5-20(13)10-14-3-7-24-12-14/h3,7,11-13H,4-6,8-10H2,1-2H3,(H,18,22)/t13-/m0/s1. The van der Waals surface area contributed by atoms with Gasteiger partial charge in [0.25, 0.3) is 0 Å². The minimum Gasteiger partial charge on any atom is -0.472 e. The third-order valence-electron chi connectivity index (χ3n) is 4.34. The molecule has 24 heavy (non-hydrogen) atoms. The van der Waals surface area contributed by atoms with Gasteiger partial charge in [-0.1, -0.05) is 0 Å². The van der Waals surface area contributed by atoms with Gasteiger partial charge in [-0.3, -0.25) is 9.69 Å². The zero-order valence-corrected chi connectivity index (χ0v) is 14.2. The molecule has 3 rings (SSSR count). The van der Waals surface area contributed by atoms with Crippen molar-refractivity contribution in [2.45, 2.75) is 32.5 Å². The smallest absolute Gasteiger partial charge is 0.226 e. The second kappa shape index (κ2) is 7.63. The van der Waals surface area contributed by atoms with E-state index in [9.17, 15) is 4.79 Å². The molecule has 0 unspecified atom stereocenters. The van der Waals surface area contributed by atoms with Gasteiger partial charge >= 0.3 is 0 Å². The van der Waals surface area contributed by atoms with Gasteiger partial charge in [0.1, 0.15) is 5.82 Å². The van der Waals surface area contributed by atoms with Crippen LogP contribution in [0.4, 0.5) is 0 Å². The largest absolute Gasteiger partial charge is 0.472 e. The third-order valence-corrected chi connectivity index (χ3v) is 4.34. The lowest BCUT2D eigenvalue weighted by atomic mass is 10.2. The molecule has 7 nitrogen and oxygen atoms in total. The van der Waals surface area contributed by atoms with Crippen LogP contribution in [-0.2, 0) is 29.0 Å². The molecule has 1 aliphatic rings. The molecule has 0 bridgehead atoms. The Morgan fingerprint density at radius 3 is 3.12 bits per heavy atom. The van der Waals surface area contributed by atoms with Crippen molar-refractivity contribution < 1.29 is 13.9 Å². The van der Waals surface area contributed by atoms with Gasteiger partial charge in [-0.05, 0) is 13.0 Å². The fourth-order valence-corrected chi connectivity index (χ4v) is 3.03. The summed E-state index contributed by atoms with van der Waals surface area (Å²) in [6.07, 6.45) is 5.78. The van der Waals surface area contributed by atoms with E-state index in [-0.39, 0.29) is 11.9 Å². The van der Waals surface area contributed by atoms with E-state index < -0.39 is 0 Å². The molecular weight excluding hydrogens is 308 g/mol. The minimum atomic E-state index is -0.0228. The molecule has 1 amide bonds. The molecule has 7 heteroatoms. The summed E-state index contributed by atoms with van der Waals surface area (Å²) in [5.41, 5.74) is 1.98. The summed E-state index contributed by atoms with van der Waals surface area (Å²) in [6, 6.07) is 2.20. The van der Waals surface area contributed by atoms with Crippen LogP contribution >= 0.6 is 0 Å². The fraction of sp³-hybridized carbons (Fsp3) is 0.529. The van der Waals surface area contributed by atoms with Crippen molar-refractivity contribution in [3.05, 3.63) is 41.9 Å². The number of fused-ring (bicyclic) bond motifs is 1. The number of carbonyl (C=O) groups excluding carboxylic acids is 1. The maximum absolute atomic E-state index is 11.9. The van der Waals surface area contributed by atoms with Gasteiger partial charge in [-0.2, -0.15) is 0 Å². The number of amides is 1. The number of carbonyl (C=O) groups is 1. The number of hydrogen-bond donors (Lipinski definition) is 1. The van der Waals surface area contributed by atoms with Crippen molar-refractivity contribution in [2.75, 3.05) is 26.8 Å². The van der Waals surface area contributed by atoms with E-state index in [4.69, 9.17) is 9.15 Å². The van der Waals surface area contributed by atoms with Crippen LogP contribution in [0, 0.1) is 0 Å². The number of nitrogens with zero attached hydrogens (tertiary/aromatic N) is 3. The van der Waals surface area contributed by atoms with Crippen LogP contribution in [0.5, 0.6) is 0 Å². The summed E-state index contributed by atoms with van der Waals surface area (Å²) in [7, 11) is 1.62. The number of hydrogen-bond acceptors (Lipinski definition) is 5. The Bertz CT molecular complexity index is 665. The summed E-state index contributed by atoms with van der Waals surface area (Å²) in [5.74, 6) is 0.995. The highest BCUT2D eigenvalue weighted by atomic mass is 16.5. The molecule has 0 aliphatic carbocycles. The number of imidazole rings is 1. The highest BCUT2D eigenvalue weighted by Gasteiger charge is 2.26. The number of furan rings is 1. The lowest BCUT2D eigenvalue weighted by Crippen LogP contribution is -2.36. The molecule has 2 aromatic rings. The Kier molecular flexibility index (Phi) is 5.32. The van der Waals surface area contributed by atoms with E-state index >= 15 is 0 Å². The predicted molar refractivity (Wildman–Crippen MR) is 88.3 cm³/mol. The van der Waals surface area contributed by atoms with E-state index in [2.05, 4.69) is 26.7 Å². The van der Waals surface area contributed by atoms with Gasteiger partial charge in [-0.25, -0.2) is 4.98 Å². The zero-order chi connectivity index (χ0) is 16.9. The summed E-state index contributed by atoms with van der Waals surface area (Å²) < 4.78 is 12.2. The van der Waals surface area contributed by atoms with Crippen LogP contribution < -0.4 is 5.32 Å². The van der Waals surface area contributed by atoms with Gasteiger partial charge < -0.3 is 19.0 Å². The maximum Gasteiger partial charge on any atom is 0.226 e. The lowest BCUT2D eigenvalue weighted by Gasteiger charge is -2.33. The van der Waals surface area contributed by atoms with Crippen molar-refractivity contribution in [3.63, 3.8) is 0 Å². The van der Waals surface area contributed by atoms with Crippen molar-refractivity contribution in [2.24, 2.45) is 0 Å². The zero-order valence-electron chi connectivity index (χ0n) is 14.2. The summed E-state index contributed by atoms with van der Waals surface area (Å²) in [5, 5.41) is 2.83.